The van der Waals surface area contributed by atoms with Crippen LogP contribution in [0, 0.1) is 0 Å². The van der Waals surface area contributed by atoms with Crippen molar-refractivity contribution < 1.29 is 12.9 Å². The molecular weight excluding hydrogens is 326 g/mol. The summed E-state index contributed by atoms with van der Waals surface area (Å²) >= 11 is 5.84. The highest BCUT2D eigenvalue weighted by Crippen LogP contribution is 2.50. The summed E-state index contributed by atoms with van der Waals surface area (Å²) < 4.78 is 30.2. The molecule has 0 aliphatic heterocycles. The lowest BCUT2D eigenvalue weighted by molar-refractivity contribution is 0.250. The van der Waals surface area contributed by atoms with Gasteiger partial charge in [0.25, 0.3) is 5.95 Å². The highest BCUT2D eigenvalue weighted by Gasteiger charge is 2.55. The van der Waals surface area contributed by atoms with Gasteiger partial charge in [0.2, 0.25) is 5.89 Å². The second-order valence-corrected chi connectivity index (χ2v) is 8.30. The maximum atomic E-state index is 13.0. The fourth-order valence-corrected chi connectivity index (χ4v) is 4.73. The number of aromatic nitrogens is 2. The summed E-state index contributed by atoms with van der Waals surface area (Å²) in [6.07, 6.45) is 1.77. The second kappa shape index (κ2) is 5.24. The molecule has 1 aromatic carbocycles. The number of nitrogens with zero attached hydrogens (tertiary/aromatic N) is 3. The van der Waals surface area contributed by atoms with Gasteiger partial charge in [-0.3, -0.25) is 0 Å². The van der Waals surface area contributed by atoms with Crippen molar-refractivity contribution in [1.82, 2.24) is 10.1 Å². The van der Waals surface area contributed by atoms with Crippen LogP contribution in [-0.2, 0) is 14.6 Å². The number of rotatable bonds is 4. The first-order valence-electron chi connectivity index (χ1n) is 6.88. The molecule has 3 rings (SSSR count). The maximum Gasteiger partial charge on any atom is 0.265 e. The Bertz CT molecular complexity index is 780. The Kier molecular flexibility index (Phi) is 3.65. The zero-order valence-electron chi connectivity index (χ0n) is 12.3. The topological polar surface area (TPSA) is 76.3 Å². The van der Waals surface area contributed by atoms with Crippen LogP contribution in [0.5, 0.6) is 0 Å². The van der Waals surface area contributed by atoms with Crippen LogP contribution in [0.3, 0.4) is 0 Å². The van der Waals surface area contributed by atoms with E-state index in [1.54, 1.807) is 31.1 Å². The molecule has 1 aliphatic carbocycles. The van der Waals surface area contributed by atoms with Gasteiger partial charge in [0.05, 0.1) is 4.90 Å². The van der Waals surface area contributed by atoms with E-state index in [2.05, 4.69) is 10.1 Å². The van der Waals surface area contributed by atoms with Gasteiger partial charge in [0.15, 0.2) is 14.6 Å². The minimum atomic E-state index is -3.62. The molecule has 0 radical (unpaired) electrons. The Morgan fingerprint density at radius 1 is 1.23 bits per heavy atom. The standard InChI is InChI=1S/C14H16ClN3O3S/c1-18(2)13-16-12(21-17-13)14(8-3-9-14)22(19,20)11-6-4-10(15)5-7-11/h4-7H,3,8-9H2,1-2H3. The molecule has 1 aliphatic rings. The zero-order chi connectivity index (χ0) is 16.0. The smallest absolute Gasteiger partial charge is 0.265 e. The van der Waals surface area contributed by atoms with Gasteiger partial charge < -0.3 is 9.42 Å². The van der Waals surface area contributed by atoms with E-state index in [1.807, 2.05) is 0 Å². The van der Waals surface area contributed by atoms with Gasteiger partial charge in [-0.05, 0) is 48.7 Å². The summed E-state index contributed by atoms with van der Waals surface area (Å²) in [4.78, 5) is 6.15. The van der Waals surface area contributed by atoms with Crippen LogP contribution >= 0.6 is 11.6 Å². The first kappa shape index (κ1) is 15.3. The molecule has 0 bridgehead atoms. The second-order valence-electron chi connectivity index (χ2n) is 5.60. The van der Waals surface area contributed by atoms with E-state index in [4.69, 9.17) is 16.1 Å². The summed E-state index contributed by atoms with van der Waals surface area (Å²) in [5, 5.41) is 4.33. The van der Waals surface area contributed by atoms with Gasteiger partial charge in [0.1, 0.15) is 0 Å². The quantitative estimate of drug-likeness (QED) is 0.850. The number of hydrogen-bond acceptors (Lipinski definition) is 6. The van der Waals surface area contributed by atoms with Crippen LogP contribution in [0.4, 0.5) is 5.95 Å². The Labute approximate surface area is 134 Å². The van der Waals surface area contributed by atoms with Gasteiger partial charge in [0, 0.05) is 19.1 Å². The first-order valence-corrected chi connectivity index (χ1v) is 8.75. The lowest BCUT2D eigenvalue weighted by Crippen LogP contribution is -2.42. The summed E-state index contributed by atoms with van der Waals surface area (Å²) in [7, 11) is -0.0723. The molecule has 8 heteroatoms. The van der Waals surface area contributed by atoms with Crippen molar-refractivity contribution in [2.45, 2.75) is 28.9 Å². The van der Waals surface area contributed by atoms with E-state index in [1.165, 1.54) is 12.1 Å². The molecule has 1 fully saturated rings. The van der Waals surface area contributed by atoms with Crippen LogP contribution in [0.2, 0.25) is 5.02 Å². The van der Waals surface area contributed by atoms with Crippen LogP contribution < -0.4 is 4.90 Å². The average molecular weight is 342 g/mol. The van der Waals surface area contributed by atoms with Crippen molar-refractivity contribution in [2.75, 3.05) is 19.0 Å². The summed E-state index contributed by atoms with van der Waals surface area (Å²) in [5.74, 6) is 0.532. The molecule has 22 heavy (non-hydrogen) atoms. The predicted octanol–water partition coefficient (Wildman–Crippen LogP) is 2.64. The van der Waals surface area contributed by atoms with Crippen molar-refractivity contribution in [1.29, 1.82) is 0 Å². The van der Waals surface area contributed by atoms with E-state index in [-0.39, 0.29) is 10.8 Å². The monoisotopic (exact) mass is 341 g/mol. The van der Waals surface area contributed by atoms with Crippen molar-refractivity contribution in [3.63, 3.8) is 0 Å². The van der Waals surface area contributed by atoms with Crippen LogP contribution in [0.25, 0.3) is 0 Å². The number of benzene rings is 1. The molecule has 118 valence electrons. The summed E-state index contributed by atoms with van der Waals surface area (Å²) in [6.45, 7) is 0. The van der Waals surface area contributed by atoms with E-state index in [0.29, 0.717) is 23.8 Å². The summed E-state index contributed by atoms with van der Waals surface area (Å²) in [5.41, 5.74) is 0. The van der Waals surface area contributed by atoms with Gasteiger partial charge in [-0.25, -0.2) is 8.42 Å². The SMILES string of the molecule is CN(C)c1noc(C2(S(=O)(=O)c3ccc(Cl)cc3)CCC2)n1. The molecule has 2 aromatic rings. The first-order chi connectivity index (χ1) is 10.4. The molecule has 1 saturated carbocycles. The van der Waals surface area contributed by atoms with Crippen molar-refractivity contribution in [3.8, 4) is 0 Å². The zero-order valence-corrected chi connectivity index (χ0v) is 13.9. The number of sulfone groups is 1. The molecule has 0 atom stereocenters. The average Bonchev–Trinajstić information content (AvgIpc) is 2.87. The van der Waals surface area contributed by atoms with Gasteiger partial charge in [-0.2, -0.15) is 4.98 Å². The van der Waals surface area contributed by atoms with E-state index < -0.39 is 14.6 Å². The number of halogens is 1. The Balaban J connectivity index is 2.07. The molecule has 6 nitrogen and oxygen atoms in total. The third-order valence-electron chi connectivity index (χ3n) is 4.00. The lowest BCUT2D eigenvalue weighted by atomic mass is 9.84. The summed E-state index contributed by atoms with van der Waals surface area (Å²) in [6, 6.07) is 6.17. The normalized spacial score (nSPS) is 17.0. The maximum absolute atomic E-state index is 13.0. The fourth-order valence-electron chi connectivity index (χ4n) is 2.52. The third-order valence-corrected chi connectivity index (χ3v) is 6.76. The largest absolute Gasteiger partial charge is 0.344 e. The van der Waals surface area contributed by atoms with Gasteiger partial charge in [-0.1, -0.05) is 11.6 Å². The van der Waals surface area contributed by atoms with E-state index in [0.717, 1.165) is 6.42 Å². The Hall–Kier alpha value is -1.60. The molecule has 1 heterocycles. The highest BCUT2D eigenvalue weighted by atomic mass is 35.5. The third kappa shape index (κ3) is 2.19. The fraction of sp³-hybridized carbons (Fsp3) is 0.429. The predicted molar refractivity (Wildman–Crippen MR) is 82.8 cm³/mol. The van der Waals surface area contributed by atoms with E-state index in [9.17, 15) is 8.42 Å². The highest BCUT2D eigenvalue weighted by molar-refractivity contribution is 7.92. The van der Waals surface area contributed by atoms with Gasteiger partial charge >= 0.3 is 0 Å². The van der Waals surface area contributed by atoms with Crippen molar-refractivity contribution in [3.05, 3.63) is 35.2 Å². The lowest BCUT2D eigenvalue weighted by Gasteiger charge is -2.37. The van der Waals surface area contributed by atoms with E-state index >= 15 is 0 Å². The molecular formula is C14H16ClN3O3S. The van der Waals surface area contributed by atoms with Gasteiger partial charge in [-0.15, -0.1) is 0 Å². The molecule has 0 spiro atoms. The molecule has 1 aromatic heterocycles. The number of hydrogen-bond donors (Lipinski definition) is 0. The Morgan fingerprint density at radius 2 is 1.86 bits per heavy atom. The molecule has 0 N–H and O–H groups in total. The van der Waals surface area contributed by atoms with Crippen molar-refractivity contribution >= 4 is 27.4 Å². The van der Waals surface area contributed by atoms with Crippen LogP contribution in [0.15, 0.2) is 33.7 Å². The minimum Gasteiger partial charge on any atom is -0.344 e. The molecule has 0 amide bonds. The van der Waals surface area contributed by atoms with Crippen LogP contribution in [-0.4, -0.2) is 32.7 Å². The van der Waals surface area contributed by atoms with Crippen LogP contribution in [0.1, 0.15) is 25.2 Å². The van der Waals surface area contributed by atoms with Crippen molar-refractivity contribution in [2.24, 2.45) is 0 Å². The minimum absolute atomic E-state index is 0.164. The molecule has 0 unspecified atom stereocenters. The Morgan fingerprint density at radius 3 is 2.32 bits per heavy atom. The molecule has 0 saturated heterocycles. The number of anilines is 1.